The minimum Gasteiger partial charge on any atom is -0.469 e. The van der Waals surface area contributed by atoms with Crippen LogP contribution in [-0.2, 0) is 28.8 Å². The number of carbonyl (C=O) groups is 2. The zero-order chi connectivity index (χ0) is 22.2. The first-order valence-corrected chi connectivity index (χ1v) is 11.9. The van der Waals surface area contributed by atoms with Crippen molar-refractivity contribution in [3.05, 3.63) is 11.6 Å². The van der Waals surface area contributed by atoms with E-state index >= 15 is 0 Å². The van der Waals surface area contributed by atoms with Crippen LogP contribution in [0.2, 0.25) is 0 Å². The Balaban J connectivity index is 1.50. The number of carbonyl (C=O) groups excluding carboxylic acids is 2. The second-order valence-corrected chi connectivity index (χ2v) is 11.2. The summed E-state index contributed by atoms with van der Waals surface area (Å²) in [6, 6.07) is 0. The Kier molecular flexibility index (Phi) is 4.70. The third-order valence-electron chi connectivity index (χ3n) is 10.1. The fourth-order valence-electron chi connectivity index (χ4n) is 8.50. The molecule has 0 aromatic carbocycles. The topological polar surface area (TPSA) is 71.1 Å². The van der Waals surface area contributed by atoms with E-state index in [-0.39, 0.29) is 40.7 Å². The van der Waals surface area contributed by atoms with Crippen LogP contribution in [-0.4, -0.2) is 36.4 Å². The van der Waals surface area contributed by atoms with E-state index in [4.69, 9.17) is 19.2 Å². The van der Waals surface area contributed by atoms with E-state index in [1.165, 1.54) is 19.6 Å². The van der Waals surface area contributed by atoms with Gasteiger partial charge in [0.1, 0.15) is 17.3 Å². The Morgan fingerprint density at radius 1 is 1.13 bits per heavy atom. The largest absolute Gasteiger partial charge is 0.469 e. The second kappa shape index (κ2) is 6.80. The second-order valence-electron chi connectivity index (χ2n) is 11.2. The number of fused-ring (bicyclic) bond motifs is 3. The zero-order valence-electron chi connectivity index (χ0n) is 19.5. The molecule has 4 aliphatic carbocycles. The quantitative estimate of drug-likeness (QED) is 0.371. The molecular weight excluding hydrogens is 396 g/mol. The number of rotatable bonds is 3. The highest BCUT2D eigenvalue weighted by molar-refractivity contribution is 5.72. The van der Waals surface area contributed by atoms with Crippen molar-refractivity contribution in [2.45, 2.75) is 96.4 Å². The summed E-state index contributed by atoms with van der Waals surface area (Å²) >= 11 is 0. The van der Waals surface area contributed by atoms with Gasteiger partial charge in [-0.2, -0.15) is 0 Å². The zero-order valence-corrected chi connectivity index (χ0v) is 19.5. The number of allylic oxidation sites excluding steroid dienone is 1. The van der Waals surface area contributed by atoms with Gasteiger partial charge in [0, 0.05) is 24.7 Å². The summed E-state index contributed by atoms with van der Waals surface area (Å²) in [5, 5.41) is 0. The standard InChI is InChI=1S/C25H36O6/c1-15(21(27)28-5)18-6-7-19-22(18,3)10-9-20-23(4)11-8-17(29-16(2)26)14-24(23)12-13-25(19,20)31-30-24/h9,15,17-19H,6-8,10-14H2,1-5H3/t15-,17+,18-,19-,22-,23-,24-,25-/m0/s1. The SMILES string of the molecule is COC(=O)[C@@H](C)[C@@H]1CC[C@H]2[C@@]1(C)CC=C1[C@]3(C)CC[C@@H](OC(C)=O)C[C@@]34CC[C@@]12OO4. The number of methoxy groups -OCH3 is 1. The highest BCUT2D eigenvalue weighted by atomic mass is 17.2. The Hall–Kier alpha value is -1.40. The highest BCUT2D eigenvalue weighted by Crippen LogP contribution is 2.73. The summed E-state index contributed by atoms with van der Waals surface area (Å²) in [5.41, 5.74) is 0.468. The monoisotopic (exact) mass is 432 g/mol. The molecule has 3 saturated carbocycles. The first-order valence-electron chi connectivity index (χ1n) is 11.9. The van der Waals surface area contributed by atoms with Crippen LogP contribution in [0.3, 0.4) is 0 Å². The molecule has 2 heterocycles. The molecule has 6 nitrogen and oxygen atoms in total. The number of hydrogen-bond acceptors (Lipinski definition) is 6. The minimum atomic E-state index is -0.427. The summed E-state index contributed by atoms with van der Waals surface area (Å²) in [4.78, 5) is 36.7. The average molecular weight is 433 g/mol. The lowest BCUT2D eigenvalue weighted by Crippen LogP contribution is -2.71. The molecular formula is C25H36O6. The highest BCUT2D eigenvalue weighted by Gasteiger charge is 2.74. The van der Waals surface area contributed by atoms with Gasteiger partial charge in [0.05, 0.1) is 13.0 Å². The molecule has 2 aliphatic heterocycles. The van der Waals surface area contributed by atoms with E-state index in [0.29, 0.717) is 12.3 Å². The lowest BCUT2D eigenvalue weighted by atomic mass is 9.44. The normalized spacial score (nSPS) is 48.7. The predicted molar refractivity (Wildman–Crippen MR) is 113 cm³/mol. The van der Waals surface area contributed by atoms with Crippen molar-refractivity contribution in [3.63, 3.8) is 0 Å². The number of esters is 2. The lowest BCUT2D eigenvalue weighted by Gasteiger charge is -2.69. The van der Waals surface area contributed by atoms with Crippen LogP contribution in [0.5, 0.6) is 0 Å². The molecule has 6 aliphatic rings. The van der Waals surface area contributed by atoms with Crippen LogP contribution in [0.25, 0.3) is 0 Å². The summed E-state index contributed by atoms with van der Waals surface area (Å²) in [6.45, 7) is 8.18. The van der Waals surface area contributed by atoms with Crippen LogP contribution in [0.1, 0.15) is 79.1 Å². The van der Waals surface area contributed by atoms with Gasteiger partial charge in [-0.1, -0.05) is 26.8 Å². The number of ether oxygens (including phenoxy) is 2. The van der Waals surface area contributed by atoms with Crippen molar-refractivity contribution >= 4 is 11.9 Å². The fraction of sp³-hybridized carbons (Fsp3) is 0.840. The van der Waals surface area contributed by atoms with Crippen LogP contribution >= 0.6 is 0 Å². The molecule has 0 amide bonds. The summed E-state index contributed by atoms with van der Waals surface area (Å²) < 4.78 is 10.7. The Morgan fingerprint density at radius 3 is 2.55 bits per heavy atom. The molecule has 0 N–H and O–H groups in total. The van der Waals surface area contributed by atoms with E-state index < -0.39 is 11.2 Å². The van der Waals surface area contributed by atoms with Crippen molar-refractivity contribution in [1.82, 2.24) is 0 Å². The first kappa shape index (κ1) is 21.4. The molecule has 0 aromatic heterocycles. The Bertz CT molecular complexity index is 824. The molecule has 2 saturated heterocycles. The third kappa shape index (κ3) is 2.64. The molecule has 172 valence electrons. The van der Waals surface area contributed by atoms with Gasteiger partial charge in [0.15, 0.2) is 0 Å². The van der Waals surface area contributed by atoms with Crippen LogP contribution in [0.15, 0.2) is 11.6 Å². The third-order valence-corrected chi connectivity index (χ3v) is 10.1. The van der Waals surface area contributed by atoms with E-state index in [1.807, 2.05) is 6.92 Å². The van der Waals surface area contributed by atoms with Crippen molar-refractivity contribution < 1.29 is 28.8 Å². The van der Waals surface area contributed by atoms with Gasteiger partial charge in [-0.25, -0.2) is 9.78 Å². The van der Waals surface area contributed by atoms with Gasteiger partial charge in [0.2, 0.25) is 0 Å². The van der Waals surface area contributed by atoms with E-state index in [1.54, 1.807) is 0 Å². The van der Waals surface area contributed by atoms with E-state index in [0.717, 1.165) is 44.9 Å². The molecule has 2 bridgehead atoms. The molecule has 0 unspecified atom stereocenters. The van der Waals surface area contributed by atoms with Gasteiger partial charge < -0.3 is 9.47 Å². The van der Waals surface area contributed by atoms with Crippen molar-refractivity contribution in [1.29, 1.82) is 0 Å². The van der Waals surface area contributed by atoms with Crippen molar-refractivity contribution in [3.8, 4) is 0 Å². The molecule has 31 heavy (non-hydrogen) atoms. The number of hydrogen-bond donors (Lipinski definition) is 0. The maximum atomic E-state index is 12.4. The van der Waals surface area contributed by atoms with E-state index in [2.05, 4.69) is 19.9 Å². The van der Waals surface area contributed by atoms with Gasteiger partial charge in [-0.3, -0.25) is 9.59 Å². The Labute approximate surface area is 184 Å². The van der Waals surface area contributed by atoms with Crippen molar-refractivity contribution in [2.24, 2.45) is 28.6 Å². The van der Waals surface area contributed by atoms with Gasteiger partial charge in [-0.15, -0.1) is 0 Å². The van der Waals surface area contributed by atoms with Gasteiger partial charge in [0.25, 0.3) is 0 Å². The van der Waals surface area contributed by atoms with Crippen LogP contribution in [0.4, 0.5) is 0 Å². The van der Waals surface area contributed by atoms with Crippen LogP contribution in [0, 0.1) is 28.6 Å². The minimum absolute atomic E-state index is 0.0108. The maximum Gasteiger partial charge on any atom is 0.308 e. The smallest absolute Gasteiger partial charge is 0.308 e. The van der Waals surface area contributed by atoms with Crippen molar-refractivity contribution in [2.75, 3.05) is 7.11 Å². The fourth-order valence-corrected chi connectivity index (χ4v) is 8.50. The first-order chi connectivity index (χ1) is 14.6. The molecule has 0 radical (unpaired) electrons. The van der Waals surface area contributed by atoms with Gasteiger partial charge in [-0.05, 0) is 61.9 Å². The van der Waals surface area contributed by atoms with Crippen LogP contribution < -0.4 is 0 Å². The average Bonchev–Trinajstić information content (AvgIpc) is 3.10. The molecule has 2 spiro atoms. The molecule has 5 fully saturated rings. The summed E-state index contributed by atoms with van der Waals surface area (Å²) in [5.74, 6) is 0.156. The maximum absolute atomic E-state index is 12.4. The van der Waals surface area contributed by atoms with E-state index in [9.17, 15) is 9.59 Å². The Morgan fingerprint density at radius 2 is 1.90 bits per heavy atom. The summed E-state index contributed by atoms with van der Waals surface area (Å²) in [6.07, 6.45) is 9.69. The predicted octanol–water partition coefficient (Wildman–Crippen LogP) is 4.51. The summed E-state index contributed by atoms with van der Waals surface area (Å²) in [7, 11) is 1.48. The molecule has 0 aromatic rings. The molecule has 6 rings (SSSR count). The molecule has 8 atom stereocenters. The lowest BCUT2D eigenvalue weighted by molar-refractivity contribution is -0.494. The van der Waals surface area contributed by atoms with Gasteiger partial charge >= 0.3 is 11.9 Å². The molecule has 6 heteroatoms.